The number of benzene rings is 1. The third-order valence-corrected chi connectivity index (χ3v) is 3.82. The number of hydrogen-bond donors (Lipinski definition) is 0. The number of ketones is 1. The highest BCUT2D eigenvalue weighted by Crippen LogP contribution is 2.31. The maximum Gasteiger partial charge on any atom is 0.183 e. The Balaban J connectivity index is 1.82. The molecular weight excluding hydrogens is 236 g/mol. The number of aromatic nitrogens is 1. The van der Waals surface area contributed by atoms with Crippen molar-refractivity contribution in [1.29, 1.82) is 0 Å². The summed E-state index contributed by atoms with van der Waals surface area (Å²) in [7, 11) is 1.94. The highest BCUT2D eigenvalue weighted by atomic mass is 16.1. The Hall–Kier alpha value is -2.03. The zero-order valence-electron chi connectivity index (χ0n) is 11.3. The maximum atomic E-state index is 12.3. The van der Waals surface area contributed by atoms with E-state index in [0.717, 1.165) is 12.0 Å². The standard InChI is InChI=1S/C16H18N2O/c1-12-9-13-5-3-4-6-15(13)18(12)11-16(19)14-7-8-17(2)10-14/h3-8,10,12H,9,11H2,1-2H3. The van der Waals surface area contributed by atoms with Gasteiger partial charge in [-0.2, -0.15) is 0 Å². The van der Waals surface area contributed by atoms with E-state index in [9.17, 15) is 4.79 Å². The van der Waals surface area contributed by atoms with Crippen LogP contribution < -0.4 is 4.90 Å². The van der Waals surface area contributed by atoms with Gasteiger partial charge in [0.15, 0.2) is 5.78 Å². The van der Waals surface area contributed by atoms with E-state index < -0.39 is 0 Å². The van der Waals surface area contributed by atoms with Crippen molar-refractivity contribution in [2.24, 2.45) is 7.05 Å². The lowest BCUT2D eigenvalue weighted by Crippen LogP contribution is -2.34. The third-order valence-electron chi connectivity index (χ3n) is 3.82. The minimum atomic E-state index is 0.184. The molecule has 0 amide bonds. The minimum Gasteiger partial charge on any atom is -0.361 e. The quantitative estimate of drug-likeness (QED) is 0.787. The molecule has 0 aliphatic carbocycles. The van der Waals surface area contributed by atoms with E-state index in [1.165, 1.54) is 11.3 Å². The first-order chi connectivity index (χ1) is 9.15. The number of rotatable bonds is 3. The van der Waals surface area contributed by atoms with E-state index >= 15 is 0 Å². The molecule has 98 valence electrons. The Morgan fingerprint density at radius 2 is 2.11 bits per heavy atom. The molecule has 0 radical (unpaired) electrons. The van der Waals surface area contributed by atoms with Crippen LogP contribution in [0.3, 0.4) is 0 Å². The molecule has 3 rings (SSSR count). The van der Waals surface area contributed by atoms with E-state index in [1.54, 1.807) is 0 Å². The summed E-state index contributed by atoms with van der Waals surface area (Å²) in [5, 5.41) is 0. The van der Waals surface area contributed by atoms with E-state index in [4.69, 9.17) is 0 Å². The highest BCUT2D eigenvalue weighted by molar-refractivity contribution is 5.99. The van der Waals surface area contributed by atoms with Gasteiger partial charge in [0.05, 0.1) is 6.54 Å². The molecule has 0 bridgehead atoms. The summed E-state index contributed by atoms with van der Waals surface area (Å²) >= 11 is 0. The van der Waals surface area contributed by atoms with Crippen LogP contribution in [0.5, 0.6) is 0 Å². The van der Waals surface area contributed by atoms with Crippen LogP contribution in [0.2, 0.25) is 0 Å². The second kappa shape index (κ2) is 4.57. The summed E-state index contributed by atoms with van der Waals surface area (Å²) in [6, 6.07) is 10.6. The number of fused-ring (bicyclic) bond motifs is 1. The molecule has 1 aliphatic heterocycles. The first kappa shape index (κ1) is 12.0. The van der Waals surface area contributed by atoms with Crippen LogP contribution in [0.25, 0.3) is 0 Å². The van der Waals surface area contributed by atoms with Crippen LogP contribution in [-0.4, -0.2) is 22.9 Å². The Morgan fingerprint density at radius 1 is 1.32 bits per heavy atom. The summed E-state index contributed by atoms with van der Waals surface area (Å²) in [6.45, 7) is 2.64. The molecule has 19 heavy (non-hydrogen) atoms. The van der Waals surface area contributed by atoms with E-state index in [-0.39, 0.29) is 5.78 Å². The summed E-state index contributed by atoms with van der Waals surface area (Å²) in [4.78, 5) is 14.5. The van der Waals surface area contributed by atoms with Crippen molar-refractivity contribution >= 4 is 11.5 Å². The van der Waals surface area contributed by atoms with Crippen LogP contribution in [-0.2, 0) is 13.5 Å². The molecule has 0 N–H and O–H groups in total. The predicted molar refractivity (Wildman–Crippen MR) is 76.7 cm³/mol. The van der Waals surface area contributed by atoms with Gasteiger partial charge in [0.2, 0.25) is 0 Å². The van der Waals surface area contributed by atoms with Crippen molar-refractivity contribution in [2.75, 3.05) is 11.4 Å². The molecule has 0 fully saturated rings. The average molecular weight is 254 g/mol. The zero-order valence-corrected chi connectivity index (χ0v) is 11.3. The molecule has 1 atom stereocenters. The number of hydrogen-bond acceptors (Lipinski definition) is 2. The molecule has 1 aromatic heterocycles. The van der Waals surface area contributed by atoms with Crippen molar-refractivity contribution in [2.45, 2.75) is 19.4 Å². The van der Waals surface area contributed by atoms with Gasteiger partial charge in [0, 0.05) is 36.7 Å². The highest BCUT2D eigenvalue weighted by Gasteiger charge is 2.27. The van der Waals surface area contributed by atoms with Crippen molar-refractivity contribution < 1.29 is 4.79 Å². The van der Waals surface area contributed by atoms with E-state index in [1.807, 2.05) is 36.1 Å². The number of carbonyl (C=O) groups is 1. The van der Waals surface area contributed by atoms with Crippen molar-refractivity contribution in [3.63, 3.8) is 0 Å². The summed E-state index contributed by atoms with van der Waals surface area (Å²) in [5.41, 5.74) is 3.34. The smallest absolute Gasteiger partial charge is 0.183 e. The molecule has 0 spiro atoms. The number of carbonyl (C=O) groups excluding carboxylic acids is 1. The van der Waals surface area contributed by atoms with Gasteiger partial charge >= 0.3 is 0 Å². The number of aryl methyl sites for hydroxylation is 1. The van der Waals surface area contributed by atoms with Crippen LogP contribution in [0.1, 0.15) is 22.8 Å². The van der Waals surface area contributed by atoms with Crippen LogP contribution >= 0.6 is 0 Å². The molecule has 0 saturated heterocycles. The van der Waals surface area contributed by atoms with E-state index in [2.05, 4.69) is 30.0 Å². The number of anilines is 1. The topological polar surface area (TPSA) is 25.2 Å². The fourth-order valence-electron chi connectivity index (χ4n) is 2.78. The lowest BCUT2D eigenvalue weighted by molar-refractivity contribution is 0.0997. The SMILES string of the molecule is CC1Cc2ccccc2N1CC(=O)c1ccn(C)c1. The molecule has 2 heterocycles. The lowest BCUT2D eigenvalue weighted by atomic mass is 10.1. The van der Waals surface area contributed by atoms with Crippen molar-refractivity contribution in [3.05, 3.63) is 53.9 Å². The van der Waals surface area contributed by atoms with Gasteiger partial charge in [-0.25, -0.2) is 0 Å². The van der Waals surface area contributed by atoms with Gasteiger partial charge in [-0.1, -0.05) is 18.2 Å². The van der Waals surface area contributed by atoms with Gasteiger partial charge < -0.3 is 9.47 Å². The van der Waals surface area contributed by atoms with Crippen molar-refractivity contribution in [1.82, 2.24) is 4.57 Å². The number of para-hydroxylation sites is 1. The fraction of sp³-hybridized carbons (Fsp3) is 0.312. The molecule has 1 aromatic carbocycles. The Bertz CT molecular complexity index is 615. The van der Waals surface area contributed by atoms with Gasteiger partial charge in [-0.3, -0.25) is 4.79 Å². The lowest BCUT2D eigenvalue weighted by Gasteiger charge is -2.23. The molecule has 3 heteroatoms. The molecular formula is C16H18N2O. The Kier molecular flexibility index (Phi) is 2.90. The summed E-state index contributed by atoms with van der Waals surface area (Å²) < 4.78 is 1.91. The Morgan fingerprint density at radius 3 is 2.84 bits per heavy atom. The predicted octanol–water partition coefficient (Wildman–Crippen LogP) is 2.66. The van der Waals surface area contributed by atoms with Gasteiger partial charge in [0.25, 0.3) is 0 Å². The van der Waals surface area contributed by atoms with Crippen molar-refractivity contribution in [3.8, 4) is 0 Å². The van der Waals surface area contributed by atoms with E-state index in [0.29, 0.717) is 12.6 Å². The second-order valence-electron chi connectivity index (χ2n) is 5.30. The fourth-order valence-corrected chi connectivity index (χ4v) is 2.78. The third kappa shape index (κ3) is 2.16. The summed E-state index contributed by atoms with van der Waals surface area (Å²) in [5.74, 6) is 0.184. The molecule has 3 nitrogen and oxygen atoms in total. The summed E-state index contributed by atoms with van der Waals surface area (Å²) in [6.07, 6.45) is 4.82. The van der Waals surface area contributed by atoms with Crippen LogP contribution in [0, 0.1) is 0 Å². The normalized spacial score (nSPS) is 17.6. The minimum absolute atomic E-state index is 0.184. The number of Topliss-reactive ketones (excluding diaryl/α,β-unsaturated/α-hetero) is 1. The second-order valence-corrected chi connectivity index (χ2v) is 5.30. The van der Waals surface area contributed by atoms with Gasteiger partial charge in [-0.05, 0) is 31.0 Å². The van der Waals surface area contributed by atoms with Crippen LogP contribution in [0.15, 0.2) is 42.7 Å². The van der Waals surface area contributed by atoms with Crippen LogP contribution in [0.4, 0.5) is 5.69 Å². The van der Waals surface area contributed by atoms with Gasteiger partial charge in [0.1, 0.15) is 0 Å². The largest absolute Gasteiger partial charge is 0.361 e. The van der Waals surface area contributed by atoms with Gasteiger partial charge in [-0.15, -0.1) is 0 Å². The first-order valence-corrected chi connectivity index (χ1v) is 6.65. The average Bonchev–Trinajstić information content (AvgIpc) is 2.95. The zero-order chi connectivity index (χ0) is 13.4. The number of nitrogens with zero attached hydrogens (tertiary/aromatic N) is 2. The monoisotopic (exact) mass is 254 g/mol. The molecule has 1 aliphatic rings. The molecule has 0 saturated carbocycles. The maximum absolute atomic E-state index is 12.3. The first-order valence-electron chi connectivity index (χ1n) is 6.65. The molecule has 2 aromatic rings. The molecule has 1 unspecified atom stereocenters. The Labute approximate surface area is 113 Å².